The van der Waals surface area contributed by atoms with Crippen LogP contribution in [0.5, 0.6) is 0 Å². The summed E-state index contributed by atoms with van der Waals surface area (Å²) in [5.41, 5.74) is 2.17. The highest BCUT2D eigenvalue weighted by molar-refractivity contribution is 7.98. The van der Waals surface area contributed by atoms with Crippen molar-refractivity contribution in [2.45, 2.75) is 11.8 Å². The summed E-state index contributed by atoms with van der Waals surface area (Å²) in [6.07, 6.45) is 2.08. The molecule has 0 saturated heterocycles. The number of hydrogen-bond acceptors (Lipinski definition) is 3. The van der Waals surface area contributed by atoms with Gasteiger partial charge in [-0.05, 0) is 37.4 Å². The number of rotatable bonds is 3. The van der Waals surface area contributed by atoms with Crippen molar-refractivity contribution in [1.82, 2.24) is 14.8 Å². The lowest BCUT2D eigenvalue weighted by atomic mass is 10.2. The predicted octanol–water partition coefficient (Wildman–Crippen LogP) is 3.96. The molecule has 0 bridgehead atoms. The number of hydrogen-bond donors (Lipinski definition) is 0. The molecule has 1 aromatic heterocycles. The molecule has 0 N–H and O–H groups in total. The van der Waals surface area contributed by atoms with Crippen LogP contribution < -0.4 is 0 Å². The molecule has 3 nitrogen and oxygen atoms in total. The van der Waals surface area contributed by atoms with Crippen molar-refractivity contribution in [3.05, 3.63) is 60.4 Å². The fraction of sp³-hybridized carbons (Fsp3) is 0.125. The Bertz CT molecular complexity index is 720. The highest BCUT2D eigenvalue weighted by Gasteiger charge is 2.12. The average molecular weight is 281 g/mol. The molecule has 4 heteroatoms. The minimum Gasteiger partial charge on any atom is -0.279 e. The van der Waals surface area contributed by atoms with Crippen molar-refractivity contribution >= 4 is 11.8 Å². The molecule has 0 unspecified atom stereocenters. The Kier molecular flexibility index (Phi) is 3.56. The van der Waals surface area contributed by atoms with Gasteiger partial charge in [0.05, 0.1) is 0 Å². The smallest absolute Gasteiger partial charge is 0.168 e. The van der Waals surface area contributed by atoms with Crippen LogP contribution >= 0.6 is 11.8 Å². The first-order chi connectivity index (χ1) is 9.79. The molecular weight excluding hydrogens is 266 g/mol. The van der Waals surface area contributed by atoms with E-state index in [1.165, 1.54) is 4.90 Å². The van der Waals surface area contributed by atoms with Gasteiger partial charge in [0.15, 0.2) is 5.82 Å². The van der Waals surface area contributed by atoms with Crippen LogP contribution in [-0.4, -0.2) is 21.0 Å². The molecular formula is C16H15N3S. The Morgan fingerprint density at radius 2 is 1.75 bits per heavy atom. The van der Waals surface area contributed by atoms with Crippen molar-refractivity contribution in [3.63, 3.8) is 0 Å². The molecule has 3 rings (SSSR count). The van der Waals surface area contributed by atoms with Crippen molar-refractivity contribution in [2.75, 3.05) is 6.26 Å². The van der Waals surface area contributed by atoms with E-state index < -0.39 is 0 Å². The van der Waals surface area contributed by atoms with Gasteiger partial charge in [0.2, 0.25) is 0 Å². The van der Waals surface area contributed by atoms with Crippen LogP contribution in [0.1, 0.15) is 5.82 Å². The van der Waals surface area contributed by atoms with Crippen molar-refractivity contribution in [1.29, 1.82) is 0 Å². The monoisotopic (exact) mass is 281 g/mol. The van der Waals surface area contributed by atoms with Gasteiger partial charge in [-0.25, -0.2) is 0 Å². The summed E-state index contributed by atoms with van der Waals surface area (Å²) < 4.78 is 2.08. The Morgan fingerprint density at radius 3 is 2.50 bits per heavy atom. The van der Waals surface area contributed by atoms with Crippen molar-refractivity contribution in [3.8, 4) is 17.1 Å². The molecule has 0 fully saturated rings. The molecule has 0 aliphatic rings. The highest BCUT2D eigenvalue weighted by Crippen LogP contribution is 2.26. The van der Waals surface area contributed by atoms with Crippen LogP contribution in [-0.2, 0) is 0 Å². The summed E-state index contributed by atoms with van der Waals surface area (Å²) >= 11 is 1.73. The first-order valence-corrected chi connectivity index (χ1v) is 7.64. The minimum atomic E-state index is 0.879. The SMILES string of the molecule is CSc1cccc(-c2nnc(C)n2-c2ccccc2)c1. The second-order valence-corrected chi connectivity index (χ2v) is 5.35. The molecule has 0 aliphatic carbocycles. The maximum atomic E-state index is 4.34. The summed E-state index contributed by atoms with van der Waals surface area (Å²) in [4.78, 5) is 1.22. The van der Waals surface area contributed by atoms with Gasteiger partial charge in [-0.2, -0.15) is 0 Å². The largest absolute Gasteiger partial charge is 0.279 e. The molecule has 0 amide bonds. The van der Waals surface area contributed by atoms with E-state index in [1.54, 1.807) is 11.8 Å². The zero-order valence-electron chi connectivity index (χ0n) is 11.4. The zero-order valence-corrected chi connectivity index (χ0v) is 12.3. The van der Waals surface area contributed by atoms with Crippen LogP contribution in [0.15, 0.2) is 59.5 Å². The quantitative estimate of drug-likeness (QED) is 0.681. The van der Waals surface area contributed by atoms with Gasteiger partial charge in [0.1, 0.15) is 5.82 Å². The Morgan fingerprint density at radius 1 is 0.950 bits per heavy atom. The van der Waals surface area contributed by atoms with Gasteiger partial charge in [-0.1, -0.05) is 30.3 Å². The van der Waals surface area contributed by atoms with E-state index in [-0.39, 0.29) is 0 Å². The molecule has 1 heterocycles. The van der Waals surface area contributed by atoms with E-state index >= 15 is 0 Å². The zero-order chi connectivity index (χ0) is 13.9. The molecule has 0 aliphatic heterocycles. The van der Waals surface area contributed by atoms with Gasteiger partial charge in [-0.3, -0.25) is 4.57 Å². The average Bonchev–Trinajstić information content (AvgIpc) is 2.90. The molecule has 0 atom stereocenters. The van der Waals surface area contributed by atoms with Crippen LogP contribution in [0.2, 0.25) is 0 Å². The summed E-state index contributed by atoms with van der Waals surface area (Å²) in [5.74, 6) is 1.77. The third-order valence-electron chi connectivity index (χ3n) is 3.17. The van der Waals surface area contributed by atoms with Crippen LogP contribution in [0.25, 0.3) is 17.1 Å². The van der Waals surface area contributed by atoms with Crippen LogP contribution in [0, 0.1) is 6.92 Å². The minimum absolute atomic E-state index is 0.879. The molecule has 0 radical (unpaired) electrons. The maximum Gasteiger partial charge on any atom is 0.168 e. The number of aryl methyl sites for hydroxylation is 1. The number of nitrogens with zero attached hydrogens (tertiary/aromatic N) is 3. The Hall–Kier alpha value is -2.07. The van der Waals surface area contributed by atoms with E-state index in [0.717, 1.165) is 22.9 Å². The lowest BCUT2D eigenvalue weighted by Gasteiger charge is -2.09. The summed E-state index contributed by atoms with van der Waals surface area (Å²) in [6, 6.07) is 18.6. The fourth-order valence-corrected chi connectivity index (χ4v) is 2.66. The molecule has 2 aromatic carbocycles. The van der Waals surface area contributed by atoms with E-state index in [0.29, 0.717) is 0 Å². The topological polar surface area (TPSA) is 30.7 Å². The second-order valence-electron chi connectivity index (χ2n) is 4.47. The molecule has 0 spiro atoms. The number of benzene rings is 2. The van der Waals surface area contributed by atoms with Gasteiger partial charge in [-0.15, -0.1) is 22.0 Å². The van der Waals surface area contributed by atoms with E-state index in [4.69, 9.17) is 0 Å². The number of para-hydroxylation sites is 1. The second kappa shape index (κ2) is 5.51. The molecule has 3 aromatic rings. The molecule has 100 valence electrons. The normalized spacial score (nSPS) is 10.7. The van der Waals surface area contributed by atoms with Gasteiger partial charge >= 0.3 is 0 Å². The summed E-state index contributed by atoms with van der Waals surface area (Å²) in [5, 5.41) is 8.57. The van der Waals surface area contributed by atoms with E-state index in [2.05, 4.69) is 57.4 Å². The van der Waals surface area contributed by atoms with Gasteiger partial charge < -0.3 is 0 Å². The van der Waals surface area contributed by atoms with Crippen LogP contribution in [0.3, 0.4) is 0 Å². The standard InChI is InChI=1S/C16H15N3S/c1-12-17-18-16(13-7-6-10-15(11-13)20-2)19(12)14-8-4-3-5-9-14/h3-11H,1-2H3. The lowest BCUT2D eigenvalue weighted by molar-refractivity contribution is 0.972. The highest BCUT2D eigenvalue weighted by atomic mass is 32.2. The first kappa shape index (κ1) is 12.9. The lowest BCUT2D eigenvalue weighted by Crippen LogP contribution is -1.99. The van der Waals surface area contributed by atoms with E-state index in [1.807, 2.05) is 25.1 Å². The van der Waals surface area contributed by atoms with Crippen molar-refractivity contribution < 1.29 is 0 Å². The fourth-order valence-electron chi connectivity index (χ4n) is 2.20. The third kappa shape index (κ3) is 2.34. The Labute approximate surface area is 122 Å². The maximum absolute atomic E-state index is 4.34. The summed E-state index contributed by atoms with van der Waals surface area (Å²) in [6.45, 7) is 1.97. The van der Waals surface area contributed by atoms with Gasteiger partial charge in [0.25, 0.3) is 0 Å². The van der Waals surface area contributed by atoms with Gasteiger partial charge in [0, 0.05) is 16.1 Å². The number of thioether (sulfide) groups is 1. The molecule has 20 heavy (non-hydrogen) atoms. The molecule has 0 saturated carbocycles. The Balaban J connectivity index is 2.16. The predicted molar refractivity (Wildman–Crippen MR) is 83.3 cm³/mol. The van der Waals surface area contributed by atoms with E-state index in [9.17, 15) is 0 Å². The van der Waals surface area contributed by atoms with Crippen LogP contribution in [0.4, 0.5) is 0 Å². The third-order valence-corrected chi connectivity index (χ3v) is 3.89. The first-order valence-electron chi connectivity index (χ1n) is 6.41. The number of aromatic nitrogens is 3. The van der Waals surface area contributed by atoms with Crippen molar-refractivity contribution in [2.24, 2.45) is 0 Å². The summed E-state index contributed by atoms with van der Waals surface area (Å²) in [7, 11) is 0.